The molecule has 3 rings (SSSR count). The van der Waals surface area contributed by atoms with Gasteiger partial charge in [-0.05, 0) is 35.2 Å². The molecule has 2 nitrogen and oxygen atoms in total. The van der Waals surface area contributed by atoms with Crippen molar-refractivity contribution in [2.75, 3.05) is 7.11 Å². The zero-order valence-electron chi connectivity index (χ0n) is 9.88. The molecule has 3 heteroatoms. The fraction of sp³-hybridized carbons (Fsp3) is 0.0667. The zero-order chi connectivity index (χ0) is 12.5. The first-order chi connectivity index (χ1) is 8.79. The van der Waals surface area contributed by atoms with Crippen molar-refractivity contribution in [1.82, 2.24) is 0 Å². The highest BCUT2D eigenvalue weighted by atomic mass is 32.1. The van der Waals surface area contributed by atoms with Crippen LogP contribution >= 0.6 is 11.3 Å². The van der Waals surface area contributed by atoms with E-state index in [1.165, 1.54) is 4.70 Å². The molecule has 0 aliphatic heterocycles. The van der Waals surface area contributed by atoms with Crippen LogP contribution in [-0.4, -0.2) is 12.2 Å². The molecule has 3 aromatic rings. The summed E-state index contributed by atoms with van der Waals surface area (Å²) in [6.07, 6.45) is 0. The number of ether oxygens (including phenoxy) is 1. The maximum absolute atomic E-state index is 9.35. The first-order valence-electron chi connectivity index (χ1n) is 5.63. The van der Waals surface area contributed by atoms with Crippen LogP contribution in [0.4, 0.5) is 0 Å². The molecule has 0 amide bonds. The number of hydrogen-bond acceptors (Lipinski definition) is 3. The largest absolute Gasteiger partial charge is 0.508 e. The Morgan fingerprint density at radius 3 is 2.56 bits per heavy atom. The Balaban J connectivity index is 2.26. The van der Waals surface area contributed by atoms with E-state index in [0.29, 0.717) is 0 Å². The third kappa shape index (κ3) is 1.73. The molecule has 0 saturated carbocycles. The third-order valence-corrected chi connectivity index (χ3v) is 3.91. The molecule has 0 saturated heterocycles. The molecule has 0 atom stereocenters. The molecule has 1 aromatic heterocycles. The second-order valence-corrected chi connectivity index (χ2v) is 4.94. The van der Waals surface area contributed by atoms with Crippen molar-refractivity contribution in [1.29, 1.82) is 0 Å². The van der Waals surface area contributed by atoms with E-state index >= 15 is 0 Å². The van der Waals surface area contributed by atoms with Crippen molar-refractivity contribution >= 4 is 21.4 Å². The normalized spacial score (nSPS) is 10.7. The second kappa shape index (κ2) is 4.35. The van der Waals surface area contributed by atoms with E-state index in [2.05, 4.69) is 11.4 Å². The van der Waals surface area contributed by atoms with Crippen LogP contribution in [-0.2, 0) is 0 Å². The van der Waals surface area contributed by atoms with Gasteiger partial charge in [-0.3, -0.25) is 0 Å². The zero-order valence-corrected chi connectivity index (χ0v) is 10.7. The highest BCUT2D eigenvalue weighted by molar-refractivity contribution is 7.17. The molecule has 0 radical (unpaired) electrons. The highest BCUT2D eigenvalue weighted by Gasteiger charge is 2.10. The predicted molar refractivity (Wildman–Crippen MR) is 75.5 cm³/mol. The predicted octanol–water partition coefficient (Wildman–Crippen LogP) is 4.28. The summed E-state index contributed by atoms with van der Waals surface area (Å²) in [5.41, 5.74) is 2.23. The average Bonchev–Trinajstić information content (AvgIpc) is 2.83. The molecule has 90 valence electrons. The molecule has 0 bridgehead atoms. The Bertz CT molecular complexity index is 683. The van der Waals surface area contributed by atoms with Gasteiger partial charge < -0.3 is 9.84 Å². The van der Waals surface area contributed by atoms with Crippen molar-refractivity contribution in [2.45, 2.75) is 0 Å². The van der Waals surface area contributed by atoms with Crippen LogP contribution in [0.1, 0.15) is 0 Å². The van der Waals surface area contributed by atoms with Gasteiger partial charge in [0.2, 0.25) is 0 Å². The Hall–Kier alpha value is -2.00. The van der Waals surface area contributed by atoms with Gasteiger partial charge in [0.25, 0.3) is 0 Å². The quantitative estimate of drug-likeness (QED) is 0.741. The van der Waals surface area contributed by atoms with Gasteiger partial charge in [-0.25, -0.2) is 0 Å². The lowest BCUT2D eigenvalue weighted by molar-refractivity contribution is 0.420. The number of phenols is 1. The van der Waals surface area contributed by atoms with Crippen LogP contribution in [0.3, 0.4) is 0 Å². The number of thiophene rings is 1. The molecule has 1 N–H and O–H groups in total. The van der Waals surface area contributed by atoms with E-state index in [4.69, 9.17) is 4.74 Å². The molecule has 18 heavy (non-hydrogen) atoms. The maximum atomic E-state index is 9.35. The molecular weight excluding hydrogens is 244 g/mol. The minimum atomic E-state index is 0.283. The Morgan fingerprint density at radius 1 is 1.06 bits per heavy atom. The number of rotatable bonds is 2. The third-order valence-electron chi connectivity index (χ3n) is 2.96. The van der Waals surface area contributed by atoms with E-state index in [0.717, 1.165) is 22.3 Å². The van der Waals surface area contributed by atoms with Gasteiger partial charge >= 0.3 is 0 Å². The van der Waals surface area contributed by atoms with Crippen molar-refractivity contribution < 1.29 is 9.84 Å². The Kier molecular flexibility index (Phi) is 2.68. The van der Waals surface area contributed by atoms with Gasteiger partial charge in [-0.1, -0.05) is 18.2 Å². The fourth-order valence-electron chi connectivity index (χ4n) is 2.08. The number of hydrogen-bond donors (Lipinski definition) is 1. The van der Waals surface area contributed by atoms with E-state index in [1.807, 2.05) is 24.3 Å². The standard InChI is InChI=1S/C15H12O2S/c1-17-13-3-2-4-14-15(13)12(9-18-14)10-5-7-11(16)8-6-10/h2-9,16H,1H3. The second-order valence-electron chi connectivity index (χ2n) is 4.03. The van der Waals surface area contributed by atoms with Crippen molar-refractivity contribution in [3.63, 3.8) is 0 Å². The maximum Gasteiger partial charge on any atom is 0.128 e. The van der Waals surface area contributed by atoms with Gasteiger partial charge in [0.1, 0.15) is 11.5 Å². The molecule has 0 aliphatic rings. The summed E-state index contributed by atoms with van der Waals surface area (Å²) >= 11 is 1.70. The van der Waals surface area contributed by atoms with Crippen molar-refractivity contribution in [2.24, 2.45) is 0 Å². The smallest absolute Gasteiger partial charge is 0.128 e. The van der Waals surface area contributed by atoms with Gasteiger partial charge in [0.05, 0.1) is 7.11 Å². The lowest BCUT2D eigenvalue weighted by Crippen LogP contribution is -1.84. The fourth-order valence-corrected chi connectivity index (χ4v) is 3.06. The summed E-state index contributed by atoms with van der Waals surface area (Å²) in [4.78, 5) is 0. The van der Waals surface area contributed by atoms with Gasteiger partial charge in [0, 0.05) is 15.6 Å². The summed E-state index contributed by atoms with van der Waals surface area (Å²) in [6, 6.07) is 13.3. The first-order valence-corrected chi connectivity index (χ1v) is 6.51. The average molecular weight is 256 g/mol. The topological polar surface area (TPSA) is 29.5 Å². The molecule has 0 unspecified atom stereocenters. The van der Waals surface area contributed by atoms with E-state index in [9.17, 15) is 5.11 Å². The van der Waals surface area contributed by atoms with E-state index in [-0.39, 0.29) is 5.75 Å². The van der Waals surface area contributed by atoms with Gasteiger partial charge in [-0.15, -0.1) is 11.3 Å². The van der Waals surface area contributed by atoms with Crippen LogP contribution in [0.15, 0.2) is 47.8 Å². The lowest BCUT2D eigenvalue weighted by atomic mass is 10.0. The molecule has 0 aliphatic carbocycles. The summed E-state index contributed by atoms with van der Waals surface area (Å²) < 4.78 is 6.63. The summed E-state index contributed by atoms with van der Waals surface area (Å²) in [7, 11) is 1.69. The first kappa shape index (κ1) is 11.1. The summed E-state index contributed by atoms with van der Waals surface area (Å²) in [5, 5.41) is 12.6. The summed E-state index contributed by atoms with van der Waals surface area (Å²) in [5.74, 6) is 1.17. The minimum absolute atomic E-state index is 0.283. The number of fused-ring (bicyclic) bond motifs is 1. The monoisotopic (exact) mass is 256 g/mol. The number of phenolic OH excluding ortho intramolecular Hbond substituents is 1. The Labute approximate surface area is 109 Å². The van der Waals surface area contributed by atoms with Crippen LogP contribution < -0.4 is 4.74 Å². The molecular formula is C15H12O2S. The number of benzene rings is 2. The van der Waals surface area contributed by atoms with E-state index < -0.39 is 0 Å². The Morgan fingerprint density at radius 2 is 1.83 bits per heavy atom. The summed E-state index contributed by atoms with van der Waals surface area (Å²) in [6.45, 7) is 0. The van der Waals surface area contributed by atoms with Gasteiger partial charge in [-0.2, -0.15) is 0 Å². The number of methoxy groups -OCH3 is 1. The SMILES string of the molecule is COc1cccc2scc(-c3ccc(O)cc3)c12. The minimum Gasteiger partial charge on any atom is -0.508 e. The lowest BCUT2D eigenvalue weighted by Gasteiger charge is -2.05. The van der Waals surface area contributed by atoms with Crippen molar-refractivity contribution in [3.8, 4) is 22.6 Å². The van der Waals surface area contributed by atoms with Crippen LogP contribution in [0.2, 0.25) is 0 Å². The van der Waals surface area contributed by atoms with Crippen molar-refractivity contribution in [3.05, 3.63) is 47.8 Å². The molecule has 2 aromatic carbocycles. The van der Waals surface area contributed by atoms with Crippen LogP contribution in [0.25, 0.3) is 21.2 Å². The van der Waals surface area contributed by atoms with Gasteiger partial charge in [0.15, 0.2) is 0 Å². The highest BCUT2D eigenvalue weighted by Crippen LogP contribution is 2.39. The van der Waals surface area contributed by atoms with Crippen LogP contribution in [0, 0.1) is 0 Å². The molecule has 0 spiro atoms. The van der Waals surface area contributed by atoms with Crippen LogP contribution in [0.5, 0.6) is 11.5 Å². The van der Waals surface area contributed by atoms with E-state index in [1.54, 1.807) is 30.6 Å². The number of aromatic hydroxyl groups is 1. The molecule has 0 fully saturated rings. The molecule has 1 heterocycles.